The molecule has 6 nitrogen and oxygen atoms in total. The van der Waals surface area contributed by atoms with E-state index < -0.39 is 11.8 Å². The lowest BCUT2D eigenvalue weighted by Gasteiger charge is -2.09. The Morgan fingerprint density at radius 3 is 2.74 bits per heavy atom. The molecule has 0 aromatic heterocycles. The maximum absolute atomic E-state index is 13.2. The van der Waals surface area contributed by atoms with Gasteiger partial charge >= 0.3 is 5.97 Å². The molecule has 0 N–H and O–H groups in total. The Labute approximate surface area is 131 Å². The first-order chi connectivity index (χ1) is 11.1. The summed E-state index contributed by atoms with van der Waals surface area (Å²) in [5.74, 6) is -0.537. The van der Waals surface area contributed by atoms with Crippen molar-refractivity contribution in [3.8, 4) is 11.5 Å². The maximum Gasteiger partial charge on any atom is 0.340 e. The molecule has 0 atom stereocenters. The van der Waals surface area contributed by atoms with Crippen LogP contribution < -0.4 is 4.74 Å². The zero-order valence-electron chi connectivity index (χ0n) is 12.1. The predicted molar refractivity (Wildman–Crippen MR) is 82.1 cm³/mol. The summed E-state index contributed by atoms with van der Waals surface area (Å²) >= 11 is 0. The van der Waals surface area contributed by atoms with Crippen LogP contribution in [0.5, 0.6) is 11.5 Å². The summed E-state index contributed by atoms with van der Waals surface area (Å²) in [7, 11) is 1.18. The summed E-state index contributed by atoms with van der Waals surface area (Å²) in [6, 6.07) is 12.4. The number of para-hydroxylation sites is 1. The van der Waals surface area contributed by atoms with Crippen molar-refractivity contribution in [3.05, 3.63) is 76.1 Å². The molecule has 0 unspecified atom stereocenters. The van der Waals surface area contributed by atoms with Crippen molar-refractivity contribution in [2.24, 2.45) is 5.11 Å². The first kappa shape index (κ1) is 16.1. The summed E-state index contributed by atoms with van der Waals surface area (Å²) in [5, 5.41) is 3.30. The number of benzene rings is 2. The molecule has 0 amide bonds. The van der Waals surface area contributed by atoms with Crippen molar-refractivity contribution in [2.45, 2.75) is 0 Å². The molecular formula is C16H12FN3O3. The minimum Gasteiger partial charge on any atom is -0.466 e. The van der Waals surface area contributed by atoms with Gasteiger partial charge in [0.1, 0.15) is 23.0 Å². The average Bonchev–Trinajstić information content (AvgIpc) is 2.55. The summed E-state index contributed by atoms with van der Waals surface area (Å²) in [5.41, 5.74) is 8.79. The number of hydrogen-bond acceptors (Lipinski definition) is 4. The lowest BCUT2D eigenvalue weighted by atomic mass is 10.1. The minimum atomic E-state index is -0.775. The van der Waals surface area contributed by atoms with E-state index in [0.717, 1.165) is 0 Å². The molecule has 0 aliphatic rings. The molecule has 116 valence electrons. The van der Waals surface area contributed by atoms with Crippen molar-refractivity contribution in [1.29, 1.82) is 0 Å². The van der Waals surface area contributed by atoms with Crippen LogP contribution in [0.4, 0.5) is 4.39 Å². The van der Waals surface area contributed by atoms with Crippen LogP contribution in [0.2, 0.25) is 0 Å². The van der Waals surface area contributed by atoms with Gasteiger partial charge in [0.05, 0.1) is 7.11 Å². The van der Waals surface area contributed by atoms with Gasteiger partial charge in [0, 0.05) is 16.5 Å². The van der Waals surface area contributed by atoms with Crippen molar-refractivity contribution < 1.29 is 18.7 Å². The number of hydrogen-bond donors (Lipinski definition) is 0. The zero-order valence-corrected chi connectivity index (χ0v) is 12.1. The lowest BCUT2D eigenvalue weighted by molar-refractivity contribution is -0.136. The highest BCUT2D eigenvalue weighted by atomic mass is 19.1. The largest absolute Gasteiger partial charge is 0.466 e. The second-order valence-corrected chi connectivity index (χ2v) is 4.31. The Kier molecular flexibility index (Phi) is 5.33. The van der Waals surface area contributed by atoms with Crippen LogP contribution in [0.3, 0.4) is 0 Å². The Morgan fingerprint density at radius 1 is 1.26 bits per heavy atom. The van der Waals surface area contributed by atoms with E-state index in [1.54, 1.807) is 30.3 Å². The standard InChI is InChI=1S/C16H12FN3O3/c1-22-16(21)14(19-20-18)9-11-5-2-3-8-15(11)23-13-7-4-6-12(17)10-13/h2-10H,1H3/b14-9+. The number of carbonyl (C=O) groups is 1. The summed E-state index contributed by atoms with van der Waals surface area (Å²) in [4.78, 5) is 14.2. The number of azide groups is 1. The second kappa shape index (κ2) is 7.63. The third-order valence-corrected chi connectivity index (χ3v) is 2.78. The van der Waals surface area contributed by atoms with Gasteiger partial charge in [0.25, 0.3) is 0 Å². The molecule has 0 fully saturated rings. The average molecular weight is 313 g/mol. The van der Waals surface area contributed by atoms with Crippen LogP contribution in [0, 0.1) is 5.82 Å². The molecule has 0 saturated carbocycles. The van der Waals surface area contributed by atoms with Crippen LogP contribution in [-0.2, 0) is 9.53 Å². The van der Waals surface area contributed by atoms with E-state index in [-0.39, 0.29) is 5.70 Å². The van der Waals surface area contributed by atoms with Gasteiger partial charge in [-0.3, -0.25) is 0 Å². The van der Waals surface area contributed by atoms with E-state index >= 15 is 0 Å². The first-order valence-electron chi connectivity index (χ1n) is 6.51. The molecule has 2 aromatic rings. The smallest absolute Gasteiger partial charge is 0.340 e. The van der Waals surface area contributed by atoms with Crippen molar-refractivity contribution in [1.82, 2.24) is 0 Å². The first-order valence-corrected chi connectivity index (χ1v) is 6.51. The van der Waals surface area contributed by atoms with E-state index in [9.17, 15) is 9.18 Å². The van der Waals surface area contributed by atoms with Gasteiger partial charge in [0.2, 0.25) is 0 Å². The van der Waals surface area contributed by atoms with Crippen molar-refractivity contribution >= 4 is 12.0 Å². The van der Waals surface area contributed by atoms with Gasteiger partial charge in [-0.2, -0.15) is 0 Å². The fraction of sp³-hybridized carbons (Fsp3) is 0.0625. The lowest BCUT2D eigenvalue weighted by Crippen LogP contribution is -2.02. The molecule has 2 aromatic carbocycles. The quantitative estimate of drug-likeness (QED) is 0.269. The van der Waals surface area contributed by atoms with Gasteiger partial charge in [-0.25, -0.2) is 9.18 Å². The third kappa shape index (κ3) is 4.33. The number of carbonyl (C=O) groups excluding carboxylic acids is 1. The van der Waals surface area contributed by atoms with Crippen molar-refractivity contribution in [3.63, 3.8) is 0 Å². The molecule has 0 saturated heterocycles. The SMILES string of the molecule is COC(=O)/C(=C\c1ccccc1Oc1cccc(F)c1)N=[N+]=[N-]. The Morgan fingerprint density at radius 2 is 2.04 bits per heavy atom. The summed E-state index contributed by atoms with van der Waals surface area (Å²) in [6.45, 7) is 0. The highest BCUT2D eigenvalue weighted by molar-refractivity contribution is 5.93. The van der Waals surface area contributed by atoms with E-state index in [4.69, 9.17) is 10.3 Å². The minimum absolute atomic E-state index is 0.217. The zero-order chi connectivity index (χ0) is 16.7. The fourth-order valence-electron chi connectivity index (χ4n) is 1.78. The van der Waals surface area contributed by atoms with Gasteiger partial charge in [-0.15, -0.1) is 0 Å². The van der Waals surface area contributed by atoms with Gasteiger partial charge in [-0.1, -0.05) is 29.4 Å². The van der Waals surface area contributed by atoms with E-state index in [0.29, 0.717) is 17.1 Å². The molecule has 0 spiro atoms. The third-order valence-electron chi connectivity index (χ3n) is 2.78. The fourth-order valence-corrected chi connectivity index (χ4v) is 1.78. The van der Waals surface area contributed by atoms with Crippen LogP contribution in [0.15, 0.2) is 59.3 Å². The number of methoxy groups -OCH3 is 1. The van der Waals surface area contributed by atoms with Gasteiger partial charge in [-0.05, 0) is 29.8 Å². The number of nitrogens with zero attached hydrogens (tertiary/aromatic N) is 3. The normalized spacial score (nSPS) is 10.6. The highest BCUT2D eigenvalue weighted by Gasteiger charge is 2.10. The monoisotopic (exact) mass is 313 g/mol. The Bertz CT molecular complexity index is 799. The predicted octanol–water partition coefficient (Wildman–Crippen LogP) is 4.44. The summed E-state index contributed by atoms with van der Waals surface area (Å²) < 4.78 is 23.4. The molecule has 0 aliphatic carbocycles. The topological polar surface area (TPSA) is 84.3 Å². The van der Waals surface area contributed by atoms with Crippen molar-refractivity contribution in [2.75, 3.05) is 7.11 Å². The molecule has 0 bridgehead atoms. The molecule has 2 rings (SSSR count). The molecular weight excluding hydrogens is 301 g/mol. The Hall–Kier alpha value is -3.31. The van der Waals surface area contributed by atoms with Crippen LogP contribution in [-0.4, -0.2) is 13.1 Å². The van der Waals surface area contributed by atoms with Gasteiger partial charge in [0.15, 0.2) is 0 Å². The number of esters is 1. The number of halogens is 1. The molecule has 7 heteroatoms. The maximum atomic E-state index is 13.2. The highest BCUT2D eigenvalue weighted by Crippen LogP contribution is 2.27. The molecule has 0 radical (unpaired) electrons. The molecule has 0 aliphatic heterocycles. The number of rotatable bonds is 5. The van der Waals surface area contributed by atoms with E-state index in [2.05, 4.69) is 14.8 Å². The van der Waals surface area contributed by atoms with Crippen LogP contribution >= 0.6 is 0 Å². The number of ether oxygens (including phenoxy) is 2. The van der Waals surface area contributed by atoms with Gasteiger partial charge < -0.3 is 9.47 Å². The van der Waals surface area contributed by atoms with E-state index in [1.165, 1.54) is 31.4 Å². The van der Waals surface area contributed by atoms with Crippen LogP contribution in [0.1, 0.15) is 5.56 Å². The molecule has 0 heterocycles. The second-order valence-electron chi connectivity index (χ2n) is 4.31. The Balaban J connectivity index is 2.40. The summed E-state index contributed by atoms with van der Waals surface area (Å²) in [6.07, 6.45) is 1.33. The van der Waals surface area contributed by atoms with E-state index in [1.807, 2.05) is 0 Å². The molecule has 23 heavy (non-hydrogen) atoms. The van der Waals surface area contributed by atoms with Crippen LogP contribution in [0.25, 0.3) is 16.5 Å².